The van der Waals surface area contributed by atoms with Crippen molar-refractivity contribution in [2.24, 2.45) is 0 Å². The van der Waals surface area contributed by atoms with Crippen LogP contribution in [0.5, 0.6) is 5.75 Å². The van der Waals surface area contributed by atoms with Gasteiger partial charge in [-0.3, -0.25) is 0 Å². The zero-order valence-electron chi connectivity index (χ0n) is 20.1. The van der Waals surface area contributed by atoms with Crippen LogP contribution in [0.25, 0.3) is 16.9 Å². The van der Waals surface area contributed by atoms with Gasteiger partial charge in [0.15, 0.2) is 0 Å². The van der Waals surface area contributed by atoms with Crippen LogP contribution < -0.4 is 8.32 Å². The van der Waals surface area contributed by atoms with E-state index >= 15 is 0 Å². The first-order chi connectivity index (χ1) is 15.7. The molecule has 0 aliphatic heterocycles. The van der Waals surface area contributed by atoms with Gasteiger partial charge in [0, 0.05) is 0 Å². The number of aromatic nitrogens is 2. The molecule has 174 valence electrons. The molecule has 0 unspecified atom stereocenters. The molecule has 1 N–H and O–H groups in total. The summed E-state index contributed by atoms with van der Waals surface area (Å²) in [6, 6.07) is 12.6. The molecule has 0 aliphatic rings. The van der Waals surface area contributed by atoms with Crippen molar-refractivity contribution in [3.05, 3.63) is 48.8 Å². The third kappa shape index (κ3) is 6.28. The van der Waals surface area contributed by atoms with E-state index in [2.05, 4.69) is 55.8 Å². The summed E-state index contributed by atoms with van der Waals surface area (Å²) in [6.07, 6.45) is 12.6. The van der Waals surface area contributed by atoms with Crippen molar-refractivity contribution in [3.8, 4) is 17.0 Å². The second kappa shape index (κ2) is 12.6. The Labute approximate surface area is 197 Å². The Morgan fingerprint density at radius 3 is 2.22 bits per heavy atom. The quantitative estimate of drug-likeness (QED) is 0.239. The summed E-state index contributed by atoms with van der Waals surface area (Å²) >= 11 is -2.46. The molecule has 2 heterocycles. The van der Waals surface area contributed by atoms with Crippen LogP contribution in [0.3, 0.4) is 0 Å². The third-order valence-electron chi connectivity index (χ3n) is 6.58. The van der Waals surface area contributed by atoms with Gasteiger partial charge in [0.1, 0.15) is 0 Å². The number of aliphatic hydroxyl groups excluding tert-OH is 1. The molecule has 1 aromatic carbocycles. The molecule has 4 nitrogen and oxygen atoms in total. The first-order valence-corrected chi connectivity index (χ1v) is 20.0. The molecule has 0 saturated heterocycles. The normalized spacial score (nSPS) is 11.9. The molecule has 32 heavy (non-hydrogen) atoms. The minimum absolute atomic E-state index is 0.0170. The molecule has 0 atom stereocenters. The van der Waals surface area contributed by atoms with E-state index in [9.17, 15) is 0 Å². The predicted molar refractivity (Wildman–Crippen MR) is 138 cm³/mol. The Morgan fingerprint density at radius 2 is 1.59 bits per heavy atom. The molecule has 0 amide bonds. The van der Waals surface area contributed by atoms with Gasteiger partial charge in [-0.05, 0) is 0 Å². The van der Waals surface area contributed by atoms with Gasteiger partial charge in [0.2, 0.25) is 0 Å². The van der Waals surface area contributed by atoms with E-state index in [0.717, 1.165) is 22.7 Å². The number of ether oxygens (including phenoxy) is 1. The van der Waals surface area contributed by atoms with Gasteiger partial charge in [-0.15, -0.1) is 0 Å². The molecular weight excluding hydrogens is 503 g/mol. The summed E-state index contributed by atoms with van der Waals surface area (Å²) in [5.41, 5.74) is 3.02. The summed E-state index contributed by atoms with van der Waals surface area (Å²) in [7, 11) is 0. The van der Waals surface area contributed by atoms with Crippen LogP contribution in [-0.4, -0.2) is 46.1 Å². The number of hydrogen-bond donors (Lipinski definition) is 1. The summed E-state index contributed by atoms with van der Waals surface area (Å²) in [6.45, 7) is 7.32. The topological polar surface area (TPSA) is 46.8 Å². The van der Waals surface area contributed by atoms with Crippen molar-refractivity contribution in [2.75, 3.05) is 13.2 Å². The predicted octanol–water partition coefficient (Wildman–Crippen LogP) is 6.43. The molecule has 0 spiro atoms. The zero-order valence-corrected chi connectivity index (χ0v) is 23.0. The SMILES string of the molecule is CCC[CH2][Sn]([CH2]CCC)([CH2]CCC)[c]1ccc2nc(-c3cccc(OCCO)c3)cn2c1. The first-order valence-electron chi connectivity index (χ1n) is 12.5. The Bertz CT molecular complexity index is 947. The van der Waals surface area contributed by atoms with Gasteiger partial charge in [0.25, 0.3) is 0 Å². The number of imidazole rings is 1. The fourth-order valence-corrected chi connectivity index (χ4v) is 20.6. The third-order valence-corrected chi connectivity index (χ3v) is 22.1. The van der Waals surface area contributed by atoms with Crippen molar-refractivity contribution in [3.63, 3.8) is 0 Å². The van der Waals surface area contributed by atoms with E-state index in [1.54, 1.807) is 3.58 Å². The number of pyridine rings is 1. The molecule has 0 aliphatic carbocycles. The maximum atomic E-state index is 9.03. The average molecular weight is 543 g/mol. The van der Waals surface area contributed by atoms with E-state index in [4.69, 9.17) is 14.8 Å². The fraction of sp³-hybridized carbons (Fsp3) is 0.519. The Morgan fingerprint density at radius 1 is 0.906 bits per heavy atom. The number of nitrogens with zero attached hydrogens (tertiary/aromatic N) is 2. The van der Waals surface area contributed by atoms with Gasteiger partial charge in [-0.1, -0.05) is 0 Å². The monoisotopic (exact) mass is 544 g/mol. The van der Waals surface area contributed by atoms with Gasteiger partial charge >= 0.3 is 198 Å². The molecule has 3 aromatic rings. The van der Waals surface area contributed by atoms with Crippen molar-refractivity contribution in [2.45, 2.75) is 72.6 Å². The Balaban J connectivity index is 1.96. The number of unbranched alkanes of at least 4 members (excludes halogenated alkanes) is 3. The van der Waals surface area contributed by atoms with Crippen LogP contribution in [0.1, 0.15) is 59.3 Å². The molecule has 0 bridgehead atoms. The molecule has 3 rings (SSSR count). The van der Waals surface area contributed by atoms with Crippen molar-refractivity contribution in [1.29, 1.82) is 0 Å². The Kier molecular flexibility index (Phi) is 9.91. The van der Waals surface area contributed by atoms with Gasteiger partial charge < -0.3 is 0 Å². The number of hydrogen-bond acceptors (Lipinski definition) is 3. The Hall–Kier alpha value is -1.53. The van der Waals surface area contributed by atoms with E-state index in [1.807, 2.05) is 18.2 Å². The molecule has 2 aromatic heterocycles. The summed E-state index contributed by atoms with van der Waals surface area (Å²) in [5, 5.41) is 9.03. The van der Waals surface area contributed by atoms with E-state index in [0.29, 0.717) is 6.61 Å². The number of fused-ring (bicyclic) bond motifs is 1. The molecule has 5 heteroatoms. The van der Waals surface area contributed by atoms with E-state index in [-0.39, 0.29) is 6.61 Å². The number of benzene rings is 1. The van der Waals surface area contributed by atoms with Gasteiger partial charge in [0.05, 0.1) is 0 Å². The summed E-state index contributed by atoms with van der Waals surface area (Å²) in [4.78, 5) is 4.90. The molecule has 0 radical (unpaired) electrons. The van der Waals surface area contributed by atoms with Gasteiger partial charge in [-0.25, -0.2) is 0 Å². The minimum atomic E-state index is -2.46. The second-order valence-electron chi connectivity index (χ2n) is 9.00. The molecule has 0 saturated carbocycles. The summed E-state index contributed by atoms with van der Waals surface area (Å²) in [5.74, 6) is 0.767. The number of aliphatic hydroxyl groups is 1. The van der Waals surface area contributed by atoms with Crippen LogP contribution in [0, 0.1) is 0 Å². The molecule has 0 fully saturated rings. The average Bonchev–Trinajstić information content (AvgIpc) is 3.26. The van der Waals surface area contributed by atoms with Crippen molar-refractivity contribution < 1.29 is 9.84 Å². The van der Waals surface area contributed by atoms with E-state index in [1.165, 1.54) is 51.8 Å². The van der Waals surface area contributed by atoms with Crippen LogP contribution in [-0.2, 0) is 0 Å². The standard InChI is InChI=1S/C15H13N2O2.3C4H9.Sn/c18-8-9-19-13-5-3-4-12(10-13)14-11-17-7-2-1-6-15(17)16-14;3*1-3-4-2;/h1,3-7,10-11,18H,8-9H2;3*1,3-4H2,2H3;. The molecular formula is C27H40N2O2Sn. The number of rotatable bonds is 14. The fourth-order valence-electron chi connectivity index (χ4n) is 4.71. The van der Waals surface area contributed by atoms with Crippen LogP contribution in [0.2, 0.25) is 13.3 Å². The van der Waals surface area contributed by atoms with Crippen LogP contribution in [0.15, 0.2) is 48.8 Å². The van der Waals surface area contributed by atoms with E-state index < -0.39 is 18.4 Å². The second-order valence-corrected chi connectivity index (χ2v) is 22.2. The zero-order chi connectivity index (χ0) is 22.8. The maximum absolute atomic E-state index is 9.03. The summed E-state index contributed by atoms with van der Waals surface area (Å²) < 4.78 is 13.9. The van der Waals surface area contributed by atoms with Gasteiger partial charge in [-0.2, -0.15) is 0 Å². The van der Waals surface area contributed by atoms with Crippen molar-refractivity contribution in [1.82, 2.24) is 9.38 Å². The van der Waals surface area contributed by atoms with Crippen LogP contribution in [0.4, 0.5) is 0 Å². The van der Waals surface area contributed by atoms with Crippen LogP contribution >= 0.6 is 0 Å². The van der Waals surface area contributed by atoms with Crippen molar-refractivity contribution >= 4 is 27.6 Å². The first kappa shape index (κ1) is 25.1.